The van der Waals surface area contributed by atoms with Crippen LogP contribution in [0.3, 0.4) is 0 Å². The third kappa shape index (κ3) is 13.1. The van der Waals surface area contributed by atoms with Gasteiger partial charge in [0.05, 0.1) is 12.0 Å². The van der Waals surface area contributed by atoms with Crippen molar-refractivity contribution in [1.29, 1.82) is 0 Å². The minimum Gasteiger partial charge on any atom is -0.462 e. The molecule has 132 valence electrons. The average Bonchev–Trinajstić information content (AvgIpc) is 2.44. The van der Waals surface area contributed by atoms with Crippen LogP contribution in [-0.4, -0.2) is 37.6 Å². The molecule has 0 rings (SSSR count). The highest BCUT2D eigenvalue weighted by atomic mass is 16.5. The molecule has 2 atom stereocenters. The summed E-state index contributed by atoms with van der Waals surface area (Å²) in [7, 11) is 3.96. The summed E-state index contributed by atoms with van der Waals surface area (Å²) in [5, 5.41) is 0. The largest absolute Gasteiger partial charge is 0.462 e. The van der Waals surface area contributed by atoms with Gasteiger partial charge in [0.25, 0.3) is 0 Å². The average molecular weight is 314 g/mol. The highest BCUT2D eigenvalue weighted by Gasteiger charge is 2.17. The van der Waals surface area contributed by atoms with Gasteiger partial charge in [-0.1, -0.05) is 65.2 Å². The fourth-order valence-electron chi connectivity index (χ4n) is 2.74. The second-order valence-corrected chi connectivity index (χ2v) is 7.03. The number of esters is 1. The van der Waals surface area contributed by atoms with E-state index in [4.69, 9.17) is 4.74 Å². The molecule has 0 radical (unpaired) electrons. The molecule has 0 heterocycles. The van der Waals surface area contributed by atoms with Crippen LogP contribution >= 0.6 is 0 Å². The van der Waals surface area contributed by atoms with E-state index in [1.165, 1.54) is 57.8 Å². The molecule has 0 aliphatic heterocycles. The highest BCUT2D eigenvalue weighted by molar-refractivity contribution is 5.72. The van der Waals surface area contributed by atoms with Crippen LogP contribution in [0, 0.1) is 5.92 Å². The maximum atomic E-state index is 11.9. The molecule has 0 saturated heterocycles. The molecule has 0 aromatic rings. The maximum absolute atomic E-state index is 11.9. The zero-order chi connectivity index (χ0) is 16.8. The Hall–Kier alpha value is -0.570. The monoisotopic (exact) mass is 313 g/mol. The Morgan fingerprint density at radius 1 is 0.909 bits per heavy atom. The second kappa shape index (κ2) is 14.0. The minimum atomic E-state index is -0.0582. The quantitative estimate of drug-likeness (QED) is 0.332. The van der Waals surface area contributed by atoms with E-state index in [-0.39, 0.29) is 18.0 Å². The van der Waals surface area contributed by atoms with Gasteiger partial charge in [0.1, 0.15) is 0 Å². The number of hydrogen-bond donors (Lipinski definition) is 0. The van der Waals surface area contributed by atoms with Crippen molar-refractivity contribution in [2.75, 3.05) is 20.6 Å². The van der Waals surface area contributed by atoms with E-state index < -0.39 is 0 Å². The van der Waals surface area contributed by atoms with Gasteiger partial charge in [-0.3, -0.25) is 4.79 Å². The van der Waals surface area contributed by atoms with Crippen LogP contribution in [0.15, 0.2) is 0 Å². The first-order valence-electron chi connectivity index (χ1n) is 9.32. The molecule has 22 heavy (non-hydrogen) atoms. The zero-order valence-electron chi connectivity index (χ0n) is 15.7. The fraction of sp³-hybridized carbons (Fsp3) is 0.947. The van der Waals surface area contributed by atoms with Gasteiger partial charge >= 0.3 is 5.97 Å². The van der Waals surface area contributed by atoms with Crippen molar-refractivity contribution >= 4 is 5.97 Å². The van der Waals surface area contributed by atoms with Crippen molar-refractivity contribution in [2.24, 2.45) is 5.92 Å². The number of carbonyl (C=O) groups excluding carboxylic acids is 1. The van der Waals surface area contributed by atoms with Crippen molar-refractivity contribution in [3.05, 3.63) is 0 Å². The van der Waals surface area contributed by atoms with Crippen molar-refractivity contribution in [3.8, 4) is 0 Å². The topological polar surface area (TPSA) is 29.5 Å². The molecule has 0 fully saturated rings. The summed E-state index contributed by atoms with van der Waals surface area (Å²) in [6.07, 6.45) is 13.1. The summed E-state index contributed by atoms with van der Waals surface area (Å²) in [5.41, 5.74) is 0. The number of ether oxygens (including phenoxy) is 1. The maximum Gasteiger partial charge on any atom is 0.310 e. The van der Waals surface area contributed by atoms with E-state index in [0.29, 0.717) is 0 Å². The number of rotatable bonds is 14. The second-order valence-electron chi connectivity index (χ2n) is 7.03. The Bertz CT molecular complexity index is 266. The lowest BCUT2D eigenvalue weighted by Gasteiger charge is -2.19. The molecule has 0 amide bonds. The number of unbranched alkanes of at least 4 members (excludes halogenated alkanes) is 8. The smallest absolute Gasteiger partial charge is 0.310 e. The predicted molar refractivity (Wildman–Crippen MR) is 95.1 cm³/mol. The Labute approximate surface area is 138 Å². The van der Waals surface area contributed by atoms with Crippen LogP contribution in [0.2, 0.25) is 0 Å². The molecule has 0 saturated carbocycles. The Morgan fingerprint density at radius 2 is 1.41 bits per heavy atom. The summed E-state index contributed by atoms with van der Waals surface area (Å²) in [4.78, 5) is 13.9. The van der Waals surface area contributed by atoms with Crippen LogP contribution in [0.5, 0.6) is 0 Å². The van der Waals surface area contributed by atoms with Crippen LogP contribution in [0.1, 0.15) is 85.0 Å². The first kappa shape index (κ1) is 21.4. The SMILES string of the molecule is CCCCCCCCCCCC(C)OC(=O)C(C)CN(C)C. The van der Waals surface area contributed by atoms with Crippen molar-refractivity contribution in [3.63, 3.8) is 0 Å². The Kier molecular flexibility index (Phi) is 13.7. The van der Waals surface area contributed by atoms with Gasteiger partial charge in [0, 0.05) is 6.54 Å². The van der Waals surface area contributed by atoms with E-state index in [1.54, 1.807) is 0 Å². The molecule has 0 aliphatic carbocycles. The fourth-order valence-corrected chi connectivity index (χ4v) is 2.74. The number of carbonyl (C=O) groups is 1. The van der Waals surface area contributed by atoms with E-state index in [0.717, 1.165) is 13.0 Å². The predicted octanol–water partition coefficient (Wildman–Crippen LogP) is 5.04. The summed E-state index contributed by atoms with van der Waals surface area (Å²) >= 11 is 0. The van der Waals surface area contributed by atoms with Gasteiger partial charge in [0.15, 0.2) is 0 Å². The Balaban J connectivity index is 3.49. The van der Waals surface area contributed by atoms with Gasteiger partial charge in [0.2, 0.25) is 0 Å². The minimum absolute atomic E-state index is 0.0411. The molecule has 0 aromatic heterocycles. The number of nitrogens with zero attached hydrogens (tertiary/aromatic N) is 1. The van der Waals surface area contributed by atoms with Crippen LogP contribution in [0.4, 0.5) is 0 Å². The van der Waals surface area contributed by atoms with Gasteiger partial charge in [-0.25, -0.2) is 0 Å². The molecule has 0 spiro atoms. The van der Waals surface area contributed by atoms with Crippen LogP contribution in [-0.2, 0) is 9.53 Å². The molecule has 3 heteroatoms. The number of hydrogen-bond acceptors (Lipinski definition) is 3. The standard InChI is InChI=1S/C19H39NO2/c1-6-7-8-9-10-11-12-13-14-15-18(3)22-19(21)17(2)16-20(4)5/h17-18H,6-16H2,1-5H3. The van der Waals surface area contributed by atoms with Crippen molar-refractivity contribution in [2.45, 2.75) is 91.1 Å². The molecule has 3 nitrogen and oxygen atoms in total. The van der Waals surface area contributed by atoms with E-state index >= 15 is 0 Å². The first-order chi connectivity index (χ1) is 10.5. The summed E-state index contributed by atoms with van der Waals surface area (Å²) in [6.45, 7) is 6.97. The lowest BCUT2D eigenvalue weighted by Crippen LogP contribution is -2.29. The third-order valence-corrected chi connectivity index (χ3v) is 4.07. The van der Waals surface area contributed by atoms with E-state index in [1.807, 2.05) is 32.8 Å². The summed E-state index contributed by atoms with van der Waals surface area (Å²) < 4.78 is 5.52. The van der Waals surface area contributed by atoms with Crippen LogP contribution in [0.25, 0.3) is 0 Å². The molecular formula is C19H39NO2. The van der Waals surface area contributed by atoms with Gasteiger partial charge in [-0.2, -0.15) is 0 Å². The molecular weight excluding hydrogens is 274 g/mol. The van der Waals surface area contributed by atoms with Gasteiger partial charge < -0.3 is 9.64 Å². The highest BCUT2D eigenvalue weighted by Crippen LogP contribution is 2.13. The first-order valence-corrected chi connectivity index (χ1v) is 9.32. The molecule has 0 aliphatic rings. The molecule has 0 bridgehead atoms. The van der Waals surface area contributed by atoms with E-state index in [2.05, 4.69) is 6.92 Å². The van der Waals surface area contributed by atoms with Gasteiger partial charge in [-0.05, 0) is 33.9 Å². The molecule has 0 N–H and O–H groups in total. The van der Waals surface area contributed by atoms with Crippen LogP contribution < -0.4 is 0 Å². The third-order valence-electron chi connectivity index (χ3n) is 4.07. The van der Waals surface area contributed by atoms with E-state index in [9.17, 15) is 4.79 Å². The van der Waals surface area contributed by atoms with Crippen molar-refractivity contribution in [1.82, 2.24) is 4.90 Å². The lowest BCUT2D eigenvalue weighted by atomic mass is 10.1. The summed E-state index contributed by atoms with van der Waals surface area (Å²) in [6, 6.07) is 0. The van der Waals surface area contributed by atoms with Gasteiger partial charge in [-0.15, -0.1) is 0 Å². The Morgan fingerprint density at radius 3 is 1.91 bits per heavy atom. The summed E-state index contributed by atoms with van der Waals surface area (Å²) in [5.74, 6) is -0.0994. The molecule has 0 aromatic carbocycles. The van der Waals surface area contributed by atoms with Crippen molar-refractivity contribution < 1.29 is 9.53 Å². The normalized spacial score (nSPS) is 14.1. The zero-order valence-corrected chi connectivity index (χ0v) is 15.7. The molecule has 2 unspecified atom stereocenters. The lowest BCUT2D eigenvalue weighted by molar-refractivity contribution is -0.153.